The molecule has 0 spiro atoms. The van der Waals surface area contributed by atoms with Crippen molar-refractivity contribution in [2.45, 2.75) is 6.42 Å². The smallest absolute Gasteiger partial charge is 0.307 e. The third-order valence-corrected chi connectivity index (χ3v) is 5.34. The summed E-state index contributed by atoms with van der Waals surface area (Å²) in [5, 5.41) is 11.4. The number of halogens is 1. The van der Waals surface area contributed by atoms with Crippen LogP contribution in [0.15, 0.2) is 84.9 Å². The molecule has 4 nitrogen and oxygen atoms in total. The van der Waals surface area contributed by atoms with Gasteiger partial charge in [-0.05, 0) is 46.8 Å². The Hall–Kier alpha value is -3.76. The molecule has 4 rings (SSSR count). The van der Waals surface area contributed by atoms with E-state index in [1.54, 1.807) is 19.3 Å². The van der Waals surface area contributed by atoms with Crippen LogP contribution in [0.4, 0.5) is 0 Å². The molecule has 0 saturated carbocycles. The third-order valence-electron chi connectivity index (χ3n) is 5.05. The summed E-state index contributed by atoms with van der Waals surface area (Å²) >= 11 is 6.38. The number of benzene rings is 4. The minimum absolute atomic E-state index is 0.0119. The number of aliphatic carboxylic acids is 1. The van der Waals surface area contributed by atoms with Crippen molar-refractivity contribution in [3.8, 4) is 28.4 Å². The van der Waals surface area contributed by atoms with E-state index in [0.29, 0.717) is 16.5 Å². The molecule has 0 aromatic heterocycles. The molecule has 0 saturated heterocycles. The Balaban J connectivity index is 1.72. The van der Waals surface area contributed by atoms with Crippen molar-refractivity contribution in [2.24, 2.45) is 0 Å². The SMILES string of the molecule is COc1ccc(-c2ccc3ccccc3c2Oc2ccc(C=CCC(=O)O)cc2)cc1Cl. The lowest BCUT2D eigenvalue weighted by Crippen LogP contribution is -1.92. The highest BCUT2D eigenvalue weighted by atomic mass is 35.5. The summed E-state index contributed by atoms with van der Waals surface area (Å²) in [7, 11) is 1.59. The monoisotopic (exact) mass is 444 g/mol. The molecular weight excluding hydrogens is 424 g/mol. The summed E-state index contributed by atoms with van der Waals surface area (Å²) in [6.07, 6.45) is 3.39. The standard InChI is InChI=1S/C27H21ClO4/c1-31-25-16-12-20(17-24(25)28)23-15-11-19-6-2-3-7-22(19)27(23)32-21-13-9-18(10-14-21)5-4-8-26(29)30/h2-7,9-17H,8H2,1H3,(H,29,30). The molecule has 0 heterocycles. The molecule has 5 heteroatoms. The lowest BCUT2D eigenvalue weighted by Gasteiger charge is -2.15. The van der Waals surface area contributed by atoms with Crippen LogP contribution in [0.3, 0.4) is 0 Å². The average Bonchev–Trinajstić information content (AvgIpc) is 2.80. The van der Waals surface area contributed by atoms with Crippen LogP contribution in [0.5, 0.6) is 17.2 Å². The van der Waals surface area contributed by atoms with E-state index in [0.717, 1.165) is 33.2 Å². The summed E-state index contributed by atoms with van der Waals surface area (Å²) in [6, 6.07) is 25.3. The topological polar surface area (TPSA) is 55.8 Å². The van der Waals surface area contributed by atoms with Crippen LogP contribution >= 0.6 is 11.6 Å². The Morgan fingerprint density at radius 2 is 1.78 bits per heavy atom. The molecule has 160 valence electrons. The second kappa shape index (κ2) is 9.58. The average molecular weight is 445 g/mol. The summed E-state index contributed by atoms with van der Waals surface area (Å²) in [4.78, 5) is 10.7. The number of ether oxygens (including phenoxy) is 2. The number of hydrogen-bond donors (Lipinski definition) is 1. The van der Waals surface area contributed by atoms with Crippen LogP contribution in [0, 0.1) is 0 Å². The molecule has 0 fully saturated rings. The number of carbonyl (C=O) groups is 1. The molecule has 0 aliphatic rings. The summed E-state index contributed by atoms with van der Waals surface area (Å²) in [5.74, 6) is 1.17. The fraction of sp³-hybridized carbons (Fsp3) is 0.0741. The van der Waals surface area contributed by atoms with Crippen LogP contribution < -0.4 is 9.47 Å². The van der Waals surface area contributed by atoms with E-state index < -0.39 is 5.97 Å². The molecule has 32 heavy (non-hydrogen) atoms. The predicted octanol–water partition coefficient (Wildman–Crippen LogP) is 7.45. The van der Waals surface area contributed by atoms with Crippen molar-refractivity contribution in [3.63, 3.8) is 0 Å². The van der Waals surface area contributed by atoms with Gasteiger partial charge < -0.3 is 14.6 Å². The Bertz CT molecular complexity index is 1290. The van der Waals surface area contributed by atoms with E-state index in [4.69, 9.17) is 26.2 Å². The maximum atomic E-state index is 10.7. The minimum atomic E-state index is -0.858. The van der Waals surface area contributed by atoms with Crippen molar-refractivity contribution in [1.29, 1.82) is 0 Å². The van der Waals surface area contributed by atoms with E-state index in [-0.39, 0.29) is 6.42 Å². The zero-order valence-electron chi connectivity index (χ0n) is 17.4. The van der Waals surface area contributed by atoms with Crippen molar-refractivity contribution < 1.29 is 19.4 Å². The van der Waals surface area contributed by atoms with Gasteiger partial charge in [0.1, 0.15) is 17.2 Å². The number of fused-ring (bicyclic) bond motifs is 1. The van der Waals surface area contributed by atoms with E-state index >= 15 is 0 Å². The van der Waals surface area contributed by atoms with Crippen LogP contribution in [-0.2, 0) is 4.79 Å². The lowest BCUT2D eigenvalue weighted by molar-refractivity contribution is -0.135. The van der Waals surface area contributed by atoms with Gasteiger partial charge in [0.15, 0.2) is 0 Å². The molecule has 0 aliphatic carbocycles. The van der Waals surface area contributed by atoms with E-state index in [1.807, 2.05) is 72.8 Å². The van der Waals surface area contributed by atoms with Crippen molar-refractivity contribution in [3.05, 3.63) is 95.5 Å². The number of carboxylic acids is 1. The highest BCUT2D eigenvalue weighted by Gasteiger charge is 2.14. The summed E-state index contributed by atoms with van der Waals surface area (Å²) in [6.45, 7) is 0. The largest absolute Gasteiger partial charge is 0.495 e. The first kappa shape index (κ1) is 21.5. The minimum Gasteiger partial charge on any atom is -0.495 e. The van der Waals surface area contributed by atoms with E-state index in [9.17, 15) is 4.79 Å². The molecular formula is C27H21ClO4. The molecule has 0 bridgehead atoms. The quantitative estimate of drug-likeness (QED) is 0.321. The van der Waals surface area contributed by atoms with Gasteiger partial charge in [0.2, 0.25) is 0 Å². The zero-order chi connectivity index (χ0) is 22.5. The van der Waals surface area contributed by atoms with E-state index in [2.05, 4.69) is 6.07 Å². The zero-order valence-corrected chi connectivity index (χ0v) is 18.2. The van der Waals surface area contributed by atoms with Gasteiger partial charge in [-0.25, -0.2) is 0 Å². The molecule has 1 N–H and O–H groups in total. The summed E-state index contributed by atoms with van der Waals surface area (Å²) < 4.78 is 11.7. The Morgan fingerprint density at radius 3 is 2.50 bits per heavy atom. The van der Waals surface area contributed by atoms with Gasteiger partial charge in [-0.15, -0.1) is 0 Å². The van der Waals surface area contributed by atoms with Gasteiger partial charge in [0.05, 0.1) is 18.6 Å². The molecule has 0 radical (unpaired) electrons. The number of hydrogen-bond acceptors (Lipinski definition) is 3. The van der Waals surface area contributed by atoms with Crippen LogP contribution in [-0.4, -0.2) is 18.2 Å². The van der Waals surface area contributed by atoms with Crippen LogP contribution in [0.2, 0.25) is 5.02 Å². The van der Waals surface area contributed by atoms with Crippen LogP contribution in [0.25, 0.3) is 28.0 Å². The van der Waals surface area contributed by atoms with Gasteiger partial charge in [0.25, 0.3) is 0 Å². The second-order valence-corrected chi connectivity index (χ2v) is 7.59. The maximum absolute atomic E-state index is 10.7. The highest BCUT2D eigenvalue weighted by Crippen LogP contribution is 2.41. The molecule has 0 unspecified atom stereocenters. The number of methoxy groups -OCH3 is 1. The highest BCUT2D eigenvalue weighted by molar-refractivity contribution is 6.32. The number of carboxylic acid groups (broad SMARTS) is 1. The molecule has 4 aromatic rings. The lowest BCUT2D eigenvalue weighted by atomic mass is 9.99. The van der Waals surface area contributed by atoms with Crippen molar-refractivity contribution in [1.82, 2.24) is 0 Å². The Morgan fingerprint density at radius 1 is 1.00 bits per heavy atom. The first-order chi connectivity index (χ1) is 15.5. The van der Waals surface area contributed by atoms with Crippen molar-refractivity contribution >= 4 is 34.4 Å². The van der Waals surface area contributed by atoms with Gasteiger partial charge in [-0.3, -0.25) is 4.79 Å². The fourth-order valence-corrected chi connectivity index (χ4v) is 3.73. The van der Waals surface area contributed by atoms with Gasteiger partial charge in [-0.1, -0.05) is 72.3 Å². The Labute approximate surface area is 191 Å². The van der Waals surface area contributed by atoms with Gasteiger partial charge in [-0.2, -0.15) is 0 Å². The maximum Gasteiger partial charge on any atom is 0.307 e. The molecule has 0 atom stereocenters. The predicted molar refractivity (Wildman–Crippen MR) is 129 cm³/mol. The fourth-order valence-electron chi connectivity index (χ4n) is 3.47. The normalized spacial score (nSPS) is 11.1. The first-order valence-corrected chi connectivity index (χ1v) is 10.4. The third kappa shape index (κ3) is 4.76. The van der Waals surface area contributed by atoms with Crippen LogP contribution in [0.1, 0.15) is 12.0 Å². The van der Waals surface area contributed by atoms with E-state index in [1.165, 1.54) is 0 Å². The molecule has 4 aromatic carbocycles. The van der Waals surface area contributed by atoms with Gasteiger partial charge in [0, 0.05) is 10.9 Å². The first-order valence-electron chi connectivity index (χ1n) is 10.1. The molecule has 0 amide bonds. The molecule has 0 aliphatic heterocycles. The number of rotatable bonds is 7. The van der Waals surface area contributed by atoms with Gasteiger partial charge >= 0.3 is 5.97 Å². The second-order valence-electron chi connectivity index (χ2n) is 7.18. The Kier molecular flexibility index (Phi) is 6.43. The van der Waals surface area contributed by atoms with Crippen molar-refractivity contribution in [2.75, 3.05) is 7.11 Å². The summed E-state index contributed by atoms with van der Waals surface area (Å²) in [5.41, 5.74) is 2.74.